The molecule has 1 aliphatic heterocycles. The maximum atomic E-state index is 12.3. The zero-order valence-corrected chi connectivity index (χ0v) is 16.7. The molecule has 1 aliphatic rings. The number of amides is 4. The van der Waals surface area contributed by atoms with E-state index in [1.165, 1.54) is 4.90 Å². The predicted molar refractivity (Wildman–Crippen MR) is 112 cm³/mol. The summed E-state index contributed by atoms with van der Waals surface area (Å²) >= 11 is 0. The fourth-order valence-electron chi connectivity index (χ4n) is 3.09. The van der Waals surface area contributed by atoms with Gasteiger partial charge >= 0.3 is 0 Å². The van der Waals surface area contributed by atoms with Crippen LogP contribution in [0.5, 0.6) is 5.75 Å². The fraction of sp³-hybridized carbons (Fsp3) is 0.217. The highest BCUT2D eigenvalue weighted by atomic mass is 16.5. The number of imide groups is 1. The number of rotatable bonds is 8. The Kier molecular flexibility index (Phi) is 7.01. The normalized spacial score (nSPS) is 12.1. The monoisotopic (exact) mass is 419 g/mol. The lowest BCUT2D eigenvalue weighted by molar-refractivity contribution is -0.121. The number of carbonyl (C=O) groups excluding carboxylic acids is 4. The molecule has 2 aromatic rings. The Morgan fingerprint density at radius 1 is 0.968 bits per heavy atom. The van der Waals surface area contributed by atoms with Crippen molar-refractivity contribution in [2.45, 2.75) is 12.8 Å². The number of carbonyl (C=O) groups is 4. The van der Waals surface area contributed by atoms with Crippen LogP contribution >= 0.6 is 0 Å². The maximum absolute atomic E-state index is 12.3. The number of nitrogens with one attached hydrogen (secondary N) is 1. The molecule has 0 aliphatic carbocycles. The number of benzene rings is 2. The molecule has 0 unspecified atom stereocenters. The molecule has 2 aromatic carbocycles. The Morgan fingerprint density at radius 2 is 1.61 bits per heavy atom. The van der Waals surface area contributed by atoms with Crippen molar-refractivity contribution in [3.63, 3.8) is 0 Å². The number of nitrogens with zero attached hydrogens (tertiary/aromatic N) is 1. The van der Waals surface area contributed by atoms with Gasteiger partial charge in [0.05, 0.1) is 23.2 Å². The lowest BCUT2D eigenvalue weighted by atomic mass is 10.1. The van der Waals surface area contributed by atoms with E-state index in [0.29, 0.717) is 23.3 Å². The Bertz CT molecular complexity index is 1050. The Balaban J connectivity index is 1.35. The zero-order chi connectivity index (χ0) is 22.2. The molecule has 0 atom stereocenters. The van der Waals surface area contributed by atoms with Crippen LogP contribution in [0.25, 0.3) is 0 Å². The number of fused-ring (bicyclic) bond motifs is 1. The molecule has 158 valence electrons. The van der Waals surface area contributed by atoms with E-state index >= 15 is 0 Å². The van der Waals surface area contributed by atoms with Crippen LogP contribution in [0.3, 0.4) is 0 Å². The van der Waals surface area contributed by atoms with Crippen molar-refractivity contribution in [3.05, 3.63) is 65.2 Å². The van der Waals surface area contributed by atoms with Gasteiger partial charge in [0.25, 0.3) is 17.7 Å². The molecular formula is C23H21N3O5. The van der Waals surface area contributed by atoms with Gasteiger partial charge in [0.1, 0.15) is 12.4 Å². The van der Waals surface area contributed by atoms with E-state index in [0.717, 1.165) is 0 Å². The molecule has 8 nitrogen and oxygen atoms in total. The van der Waals surface area contributed by atoms with Crippen LogP contribution in [0.15, 0.2) is 48.5 Å². The van der Waals surface area contributed by atoms with Crippen LogP contribution in [-0.4, -0.2) is 48.2 Å². The average molecular weight is 419 g/mol. The van der Waals surface area contributed by atoms with Crippen LogP contribution in [-0.2, 0) is 4.79 Å². The van der Waals surface area contributed by atoms with Gasteiger partial charge in [-0.1, -0.05) is 36.1 Å². The van der Waals surface area contributed by atoms with Crippen molar-refractivity contribution < 1.29 is 23.9 Å². The summed E-state index contributed by atoms with van der Waals surface area (Å²) in [5.41, 5.74) is 6.34. The third-order valence-corrected chi connectivity index (χ3v) is 4.62. The van der Waals surface area contributed by atoms with E-state index in [4.69, 9.17) is 10.5 Å². The summed E-state index contributed by atoms with van der Waals surface area (Å²) in [5.74, 6) is 4.37. The van der Waals surface area contributed by atoms with Crippen LogP contribution in [0, 0.1) is 11.8 Å². The predicted octanol–water partition coefficient (Wildman–Crippen LogP) is 1.36. The number of primary amides is 1. The Morgan fingerprint density at radius 3 is 2.29 bits per heavy atom. The minimum Gasteiger partial charge on any atom is -0.480 e. The number of hydrogen-bond acceptors (Lipinski definition) is 5. The largest absolute Gasteiger partial charge is 0.480 e. The molecule has 0 bridgehead atoms. The first-order valence-electron chi connectivity index (χ1n) is 9.68. The molecule has 0 aromatic heterocycles. The van der Waals surface area contributed by atoms with Crippen molar-refractivity contribution >= 4 is 23.6 Å². The molecule has 3 rings (SSSR count). The Hall–Kier alpha value is -4.12. The third kappa shape index (κ3) is 5.28. The van der Waals surface area contributed by atoms with Gasteiger partial charge in [0.2, 0.25) is 5.91 Å². The second-order valence-corrected chi connectivity index (χ2v) is 6.69. The number of hydrogen-bond donors (Lipinski definition) is 2. The lowest BCUT2D eigenvalue weighted by Gasteiger charge is -2.13. The van der Waals surface area contributed by atoms with Gasteiger partial charge in [-0.25, -0.2) is 0 Å². The van der Waals surface area contributed by atoms with E-state index in [2.05, 4.69) is 17.2 Å². The second kappa shape index (κ2) is 10.1. The first-order valence-corrected chi connectivity index (χ1v) is 9.68. The molecular weight excluding hydrogens is 398 g/mol. The molecule has 0 fully saturated rings. The summed E-state index contributed by atoms with van der Waals surface area (Å²) in [6.45, 7) is 0.352. The van der Waals surface area contributed by atoms with Crippen LogP contribution in [0.2, 0.25) is 0 Å². The molecule has 1 heterocycles. The zero-order valence-electron chi connectivity index (χ0n) is 16.7. The van der Waals surface area contributed by atoms with Gasteiger partial charge in [-0.05, 0) is 30.7 Å². The average Bonchev–Trinajstić information content (AvgIpc) is 3.01. The van der Waals surface area contributed by atoms with Crippen LogP contribution < -0.4 is 15.8 Å². The topological polar surface area (TPSA) is 119 Å². The quantitative estimate of drug-likeness (QED) is 0.495. The minimum atomic E-state index is -0.586. The van der Waals surface area contributed by atoms with E-state index < -0.39 is 5.91 Å². The van der Waals surface area contributed by atoms with E-state index in [1.807, 2.05) is 0 Å². The molecule has 31 heavy (non-hydrogen) atoms. The number of para-hydroxylation sites is 1. The van der Waals surface area contributed by atoms with Gasteiger partial charge in [-0.3, -0.25) is 24.1 Å². The van der Waals surface area contributed by atoms with Crippen molar-refractivity contribution in [2.24, 2.45) is 5.73 Å². The highest BCUT2D eigenvalue weighted by Crippen LogP contribution is 2.22. The second-order valence-electron chi connectivity index (χ2n) is 6.69. The smallest absolute Gasteiger partial charge is 0.261 e. The lowest BCUT2D eigenvalue weighted by Crippen LogP contribution is -2.32. The molecule has 8 heteroatoms. The summed E-state index contributed by atoms with van der Waals surface area (Å²) in [7, 11) is 0. The van der Waals surface area contributed by atoms with Gasteiger partial charge < -0.3 is 15.8 Å². The summed E-state index contributed by atoms with van der Waals surface area (Å²) in [4.78, 5) is 48.9. The first kappa shape index (κ1) is 21.6. The van der Waals surface area contributed by atoms with Gasteiger partial charge in [-0.15, -0.1) is 0 Å². The SMILES string of the molecule is NC(=O)c1ccccc1OCC#CCNC(=O)CCCN1C(=O)c2ccccc2C1=O. The molecule has 0 spiro atoms. The minimum absolute atomic E-state index is 0.0416. The highest BCUT2D eigenvalue weighted by Gasteiger charge is 2.34. The summed E-state index contributed by atoms with van der Waals surface area (Å²) in [6, 6.07) is 13.3. The maximum Gasteiger partial charge on any atom is 0.261 e. The molecule has 0 saturated heterocycles. The van der Waals surface area contributed by atoms with Crippen molar-refractivity contribution in [2.75, 3.05) is 19.7 Å². The van der Waals surface area contributed by atoms with Gasteiger partial charge in [0.15, 0.2) is 0 Å². The molecule has 4 amide bonds. The standard InChI is InChI=1S/C23H21N3O5/c24-21(28)18-10-3-4-11-19(18)31-15-6-5-13-25-20(27)12-7-14-26-22(29)16-8-1-2-9-17(16)23(26)30/h1-4,8-11H,7,12-15H2,(H2,24,28)(H,25,27). The van der Waals surface area contributed by atoms with Crippen LogP contribution in [0.4, 0.5) is 0 Å². The highest BCUT2D eigenvalue weighted by molar-refractivity contribution is 6.21. The van der Waals surface area contributed by atoms with Crippen molar-refractivity contribution in [1.29, 1.82) is 0 Å². The number of nitrogens with two attached hydrogens (primary N) is 1. The van der Waals surface area contributed by atoms with Crippen molar-refractivity contribution in [1.82, 2.24) is 10.2 Å². The fourth-order valence-corrected chi connectivity index (χ4v) is 3.09. The summed E-state index contributed by atoms with van der Waals surface area (Å²) in [6.07, 6.45) is 0.523. The van der Waals surface area contributed by atoms with E-state index in [-0.39, 0.29) is 49.4 Å². The summed E-state index contributed by atoms with van der Waals surface area (Å²) < 4.78 is 5.42. The Labute approximate surface area is 179 Å². The van der Waals surface area contributed by atoms with E-state index in [1.54, 1.807) is 48.5 Å². The first-order chi connectivity index (χ1) is 15.0. The van der Waals surface area contributed by atoms with Crippen LogP contribution in [0.1, 0.15) is 43.9 Å². The summed E-state index contributed by atoms with van der Waals surface area (Å²) in [5, 5.41) is 2.65. The van der Waals surface area contributed by atoms with Gasteiger partial charge in [-0.2, -0.15) is 0 Å². The third-order valence-electron chi connectivity index (χ3n) is 4.62. The molecule has 0 radical (unpaired) electrons. The van der Waals surface area contributed by atoms with Gasteiger partial charge in [0, 0.05) is 13.0 Å². The molecule has 3 N–H and O–H groups in total. The molecule has 0 saturated carbocycles. The van der Waals surface area contributed by atoms with E-state index in [9.17, 15) is 19.2 Å². The number of ether oxygens (including phenoxy) is 1. The van der Waals surface area contributed by atoms with Crippen molar-refractivity contribution in [3.8, 4) is 17.6 Å².